The highest BCUT2D eigenvalue weighted by atomic mass is 32.2. The highest BCUT2D eigenvalue weighted by Crippen LogP contribution is 2.23. The molecule has 1 aliphatic heterocycles. The number of benzene rings is 2. The summed E-state index contributed by atoms with van der Waals surface area (Å²) in [4.78, 5) is 35.2. The van der Waals surface area contributed by atoms with Crippen LogP contribution in [-0.2, 0) is 9.59 Å². The van der Waals surface area contributed by atoms with Crippen molar-refractivity contribution in [2.45, 2.75) is 11.7 Å². The second kappa shape index (κ2) is 8.96. The summed E-state index contributed by atoms with van der Waals surface area (Å²) in [5.74, 6) is -1.94. The Morgan fingerprint density at radius 1 is 1.14 bits per heavy atom. The summed E-state index contributed by atoms with van der Waals surface area (Å²) in [6.45, 7) is 0. The highest BCUT2D eigenvalue weighted by Gasteiger charge is 2.32. The minimum absolute atomic E-state index is 0.00924. The van der Waals surface area contributed by atoms with Crippen molar-refractivity contribution in [3.8, 4) is 0 Å². The fourth-order valence-electron chi connectivity index (χ4n) is 2.43. The molecule has 2 N–H and O–H groups in total. The minimum atomic E-state index is -1.32. The van der Waals surface area contributed by atoms with E-state index in [0.717, 1.165) is 11.8 Å². The number of rotatable bonds is 6. The van der Waals surface area contributed by atoms with Gasteiger partial charge < -0.3 is 20.5 Å². The van der Waals surface area contributed by atoms with E-state index in [4.69, 9.17) is 0 Å². The number of nitrogens with one attached hydrogen (secondary N) is 2. The Balaban J connectivity index is 1.59. The molecule has 142 valence electrons. The molecule has 1 heterocycles. The summed E-state index contributed by atoms with van der Waals surface area (Å²) < 4.78 is 0. The van der Waals surface area contributed by atoms with Gasteiger partial charge >= 0.3 is 0 Å². The van der Waals surface area contributed by atoms with Crippen LogP contribution in [0.2, 0.25) is 0 Å². The summed E-state index contributed by atoms with van der Waals surface area (Å²) in [7, 11) is 0. The van der Waals surface area contributed by atoms with Gasteiger partial charge in [0.25, 0.3) is 0 Å². The maximum absolute atomic E-state index is 12.1. The second-order valence-electron chi connectivity index (χ2n) is 5.74. The van der Waals surface area contributed by atoms with E-state index in [1.165, 1.54) is 12.3 Å². The largest absolute Gasteiger partial charge is 0.545 e. The summed E-state index contributed by atoms with van der Waals surface area (Å²) in [5.41, 5.74) is 0.978. The molecule has 0 saturated carbocycles. The van der Waals surface area contributed by atoms with Crippen molar-refractivity contribution in [3.05, 3.63) is 65.7 Å². The van der Waals surface area contributed by atoms with Crippen molar-refractivity contribution < 1.29 is 19.5 Å². The van der Waals surface area contributed by atoms with Crippen LogP contribution in [0.25, 0.3) is 0 Å². The molecule has 3 rings (SSSR count). The normalized spacial score (nSPS) is 17.6. The van der Waals surface area contributed by atoms with E-state index in [1.807, 2.05) is 6.07 Å². The van der Waals surface area contributed by atoms with Crippen molar-refractivity contribution in [3.63, 3.8) is 0 Å². The molecule has 8 nitrogen and oxygen atoms in total. The topological polar surface area (TPSA) is 123 Å². The van der Waals surface area contributed by atoms with Crippen LogP contribution in [0.3, 0.4) is 0 Å². The number of carbonyl (C=O) groups excluding carboxylic acids is 3. The number of thioether (sulfide) groups is 1. The number of hydrogen-bond acceptors (Lipinski definition) is 7. The summed E-state index contributed by atoms with van der Waals surface area (Å²) in [6, 6.07) is 15.1. The molecular weight excluding hydrogens is 380 g/mol. The first kappa shape index (κ1) is 19.3. The molecule has 1 saturated heterocycles. The lowest BCUT2D eigenvalue weighted by Crippen LogP contribution is -2.28. The molecule has 2 aromatic carbocycles. The third-order valence-electron chi connectivity index (χ3n) is 3.73. The Hall–Kier alpha value is -3.46. The number of amidine groups is 1. The maximum atomic E-state index is 12.1. The molecule has 1 aliphatic rings. The zero-order valence-corrected chi connectivity index (χ0v) is 15.3. The van der Waals surface area contributed by atoms with Crippen LogP contribution in [0.4, 0.5) is 5.69 Å². The Labute approximate surface area is 164 Å². The molecule has 2 aromatic rings. The average Bonchev–Trinajstić information content (AvgIpc) is 3.02. The van der Waals surface area contributed by atoms with Gasteiger partial charge in [-0.2, -0.15) is 5.10 Å². The summed E-state index contributed by atoms with van der Waals surface area (Å²) >= 11 is 1.09. The highest BCUT2D eigenvalue weighted by molar-refractivity contribution is 8.15. The Bertz CT molecular complexity index is 959. The van der Waals surface area contributed by atoms with E-state index in [2.05, 4.69) is 20.8 Å². The third kappa shape index (κ3) is 5.04. The average molecular weight is 395 g/mol. The zero-order chi connectivity index (χ0) is 19.9. The first-order valence-corrected chi connectivity index (χ1v) is 9.14. The SMILES string of the molecule is O=C(C[C@H]1S/C(=N/N=C\c2ccccc2C(=O)[O-])NC1=O)Nc1ccccc1. The number of anilines is 1. The van der Waals surface area contributed by atoms with Gasteiger partial charge in [0, 0.05) is 23.2 Å². The number of para-hydroxylation sites is 1. The number of nitrogens with zero attached hydrogens (tertiary/aromatic N) is 2. The van der Waals surface area contributed by atoms with Crippen LogP contribution >= 0.6 is 11.8 Å². The van der Waals surface area contributed by atoms with Gasteiger partial charge in [-0.25, -0.2) is 0 Å². The predicted molar refractivity (Wildman–Crippen MR) is 105 cm³/mol. The van der Waals surface area contributed by atoms with E-state index in [1.54, 1.807) is 42.5 Å². The van der Waals surface area contributed by atoms with Crippen LogP contribution in [0.5, 0.6) is 0 Å². The number of aromatic carboxylic acids is 1. The Morgan fingerprint density at radius 2 is 1.86 bits per heavy atom. The van der Waals surface area contributed by atoms with Gasteiger partial charge in [0.1, 0.15) is 5.25 Å². The fraction of sp³-hybridized carbons (Fsp3) is 0.105. The maximum Gasteiger partial charge on any atom is 0.240 e. The van der Waals surface area contributed by atoms with Gasteiger partial charge in [-0.3, -0.25) is 9.59 Å². The van der Waals surface area contributed by atoms with E-state index in [-0.39, 0.29) is 29.0 Å². The van der Waals surface area contributed by atoms with Gasteiger partial charge in [0.2, 0.25) is 11.8 Å². The fourth-order valence-corrected chi connectivity index (χ4v) is 3.35. The number of carboxylic acids is 1. The first-order chi connectivity index (χ1) is 13.5. The molecule has 9 heteroatoms. The van der Waals surface area contributed by atoms with Crippen molar-refractivity contribution in [2.75, 3.05) is 5.32 Å². The monoisotopic (exact) mass is 395 g/mol. The minimum Gasteiger partial charge on any atom is -0.545 e. The smallest absolute Gasteiger partial charge is 0.240 e. The first-order valence-electron chi connectivity index (χ1n) is 8.27. The van der Waals surface area contributed by atoms with Gasteiger partial charge in [-0.1, -0.05) is 54.2 Å². The van der Waals surface area contributed by atoms with Gasteiger partial charge in [0.15, 0.2) is 5.17 Å². The van der Waals surface area contributed by atoms with Crippen LogP contribution in [0.15, 0.2) is 64.8 Å². The molecule has 0 spiro atoms. The van der Waals surface area contributed by atoms with Crippen LogP contribution in [0, 0.1) is 0 Å². The number of amides is 2. The number of carbonyl (C=O) groups is 3. The van der Waals surface area contributed by atoms with E-state index < -0.39 is 11.2 Å². The van der Waals surface area contributed by atoms with Gasteiger partial charge in [-0.15, -0.1) is 5.10 Å². The molecule has 0 aliphatic carbocycles. The Kier molecular flexibility index (Phi) is 6.18. The van der Waals surface area contributed by atoms with Crippen molar-refractivity contribution in [2.24, 2.45) is 10.2 Å². The summed E-state index contributed by atoms with van der Waals surface area (Å²) in [6.07, 6.45) is 1.25. The predicted octanol–water partition coefficient (Wildman–Crippen LogP) is 1.00. The molecule has 0 bridgehead atoms. The quantitative estimate of drug-likeness (QED) is 0.558. The van der Waals surface area contributed by atoms with Crippen LogP contribution < -0.4 is 15.7 Å². The molecule has 0 aromatic heterocycles. The van der Waals surface area contributed by atoms with E-state index in [0.29, 0.717) is 11.3 Å². The Morgan fingerprint density at radius 3 is 2.61 bits per heavy atom. The molecular formula is C19H15N4O4S-. The zero-order valence-electron chi connectivity index (χ0n) is 14.5. The van der Waals surface area contributed by atoms with E-state index >= 15 is 0 Å². The van der Waals surface area contributed by atoms with Crippen molar-refractivity contribution in [1.29, 1.82) is 0 Å². The molecule has 0 radical (unpaired) electrons. The van der Waals surface area contributed by atoms with Gasteiger partial charge in [0.05, 0.1) is 12.2 Å². The third-order valence-corrected chi connectivity index (χ3v) is 4.80. The lowest BCUT2D eigenvalue weighted by Gasteiger charge is -2.06. The lowest BCUT2D eigenvalue weighted by molar-refractivity contribution is -0.255. The standard InChI is InChI=1S/C19H16N4O4S/c24-16(21-13-7-2-1-3-8-13)10-15-17(25)22-19(28-15)23-20-11-12-6-4-5-9-14(12)18(26)27/h1-9,11,15H,10H2,(H,21,24)(H,26,27)(H,22,23,25)/p-1/b20-11-/t15-/m1/s1. The molecule has 0 unspecified atom stereocenters. The molecule has 1 fully saturated rings. The van der Waals surface area contributed by atoms with E-state index in [9.17, 15) is 19.5 Å². The lowest BCUT2D eigenvalue weighted by atomic mass is 10.1. The van der Waals surface area contributed by atoms with Crippen molar-refractivity contribution in [1.82, 2.24) is 5.32 Å². The van der Waals surface area contributed by atoms with Crippen LogP contribution in [0.1, 0.15) is 22.3 Å². The van der Waals surface area contributed by atoms with Crippen LogP contribution in [-0.4, -0.2) is 34.4 Å². The van der Waals surface area contributed by atoms with Gasteiger partial charge in [-0.05, 0) is 12.1 Å². The number of carboxylic acid groups (broad SMARTS) is 1. The molecule has 2 amide bonds. The molecule has 1 atom stereocenters. The number of hydrogen-bond donors (Lipinski definition) is 2. The molecule has 28 heavy (non-hydrogen) atoms. The van der Waals surface area contributed by atoms with Crippen molar-refractivity contribution >= 4 is 46.6 Å². The summed E-state index contributed by atoms with van der Waals surface area (Å²) in [5, 5.41) is 23.6. The second-order valence-corrected chi connectivity index (χ2v) is 6.93.